The topological polar surface area (TPSA) is 68.3 Å². The molecule has 1 fully saturated rings. The molecule has 0 radical (unpaired) electrons. The van der Waals surface area contributed by atoms with Crippen molar-refractivity contribution in [1.29, 1.82) is 0 Å². The van der Waals surface area contributed by atoms with Crippen molar-refractivity contribution in [2.24, 2.45) is 0 Å². The SMILES string of the molecule is C=C(O)c1c[nH]c2cc(Cl)c(-c3cnc(N4CCN(C(=C)C)CC4)nc3)cc12. The summed E-state index contributed by atoms with van der Waals surface area (Å²) in [5.41, 5.74) is 4.23. The first kappa shape index (κ1) is 18.4. The fourth-order valence-electron chi connectivity index (χ4n) is 3.51. The second kappa shape index (κ2) is 7.20. The van der Waals surface area contributed by atoms with Crippen molar-refractivity contribution < 1.29 is 5.11 Å². The number of fused-ring (bicyclic) bond motifs is 1. The number of hydrogen-bond donors (Lipinski definition) is 2. The molecule has 0 unspecified atom stereocenters. The molecule has 28 heavy (non-hydrogen) atoms. The third kappa shape index (κ3) is 3.31. The number of benzene rings is 1. The highest BCUT2D eigenvalue weighted by Crippen LogP contribution is 2.34. The molecule has 4 rings (SSSR count). The summed E-state index contributed by atoms with van der Waals surface area (Å²) in [6.45, 7) is 13.2. The number of aromatic amines is 1. The van der Waals surface area contributed by atoms with E-state index < -0.39 is 0 Å². The fourth-order valence-corrected chi connectivity index (χ4v) is 3.79. The van der Waals surface area contributed by atoms with Gasteiger partial charge in [-0.3, -0.25) is 0 Å². The maximum atomic E-state index is 9.79. The van der Waals surface area contributed by atoms with E-state index in [1.54, 1.807) is 18.6 Å². The molecule has 0 atom stereocenters. The van der Waals surface area contributed by atoms with Gasteiger partial charge in [-0.1, -0.05) is 24.8 Å². The molecule has 0 aliphatic carbocycles. The lowest BCUT2D eigenvalue weighted by molar-refractivity contribution is 0.321. The van der Waals surface area contributed by atoms with E-state index in [-0.39, 0.29) is 5.76 Å². The molecule has 1 aliphatic rings. The molecule has 0 spiro atoms. The van der Waals surface area contributed by atoms with E-state index in [2.05, 4.69) is 37.9 Å². The molecule has 1 aromatic carbocycles. The van der Waals surface area contributed by atoms with Crippen molar-refractivity contribution in [3.63, 3.8) is 0 Å². The number of nitrogens with zero attached hydrogens (tertiary/aromatic N) is 4. The summed E-state index contributed by atoms with van der Waals surface area (Å²) in [6.07, 6.45) is 5.30. The number of halogens is 1. The van der Waals surface area contributed by atoms with Gasteiger partial charge >= 0.3 is 0 Å². The number of aliphatic hydroxyl groups is 1. The molecule has 0 amide bonds. The second-order valence-corrected chi connectivity index (χ2v) is 7.41. The normalized spacial score (nSPS) is 14.5. The predicted molar refractivity (Wildman–Crippen MR) is 115 cm³/mol. The van der Waals surface area contributed by atoms with Crippen molar-refractivity contribution in [3.8, 4) is 11.1 Å². The molecule has 3 heterocycles. The van der Waals surface area contributed by atoms with Gasteiger partial charge in [0.15, 0.2) is 0 Å². The first-order valence-electron chi connectivity index (χ1n) is 9.10. The molecule has 0 bridgehead atoms. The quantitative estimate of drug-likeness (QED) is 0.638. The molecule has 1 saturated heterocycles. The minimum Gasteiger partial charge on any atom is -0.508 e. The number of H-pyrrole nitrogens is 1. The molecule has 2 aromatic heterocycles. The van der Waals surface area contributed by atoms with Crippen LogP contribution in [0.5, 0.6) is 0 Å². The first-order chi connectivity index (χ1) is 13.4. The zero-order valence-electron chi connectivity index (χ0n) is 15.7. The monoisotopic (exact) mass is 395 g/mol. The van der Waals surface area contributed by atoms with Gasteiger partial charge in [0.2, 0.25) is 5.95 Å². The van der Waals surface area contributed by atoms with Gasteiger partial charge < -0.3 is 19.9 Å². The van der Waals surface area contributed by atoms with Crippen molar-refractivity contribution in [2.75, 3.05) is 31.1 Å². The number of anilines is 1. The zero-order chi connectivity index (χ0) is 19.8. The van der Waals surface area contributed by atoms with Crippen LogP contribution in [0.1, 0.15) is 12.5 Å². The van der Waals surface area contributed by atoms with Gasteiger partial charge in [-0.2, -0.15) is 0 Å². The van der Waals surface area contributed by atoms with Gasteiger partial charge in [-0.05, 0) is 19.1 Å². The van der Waals surface area contributed by atoms with Crippen molar-refractivity contribution >= 4 is 34.2 Å². The predicted octanol–water partition coefficient (Wildman–Crippen LogP) is 4.46. The summed E-state index contributed by atoms with van der Waals surface area (Å²) in [4.78, 5) is 16.7. The van der Waals surface area contributed by atoms with Crippen LogP contribution in [0.2, 0.25) is 5.02 Å². The molecule has 144 valence electrons. The molecule has 3 aromatic rings. The van der Waals surface area contributed by atoms with E-state index in [1.807, 2.05) is 19.1 Å². The van der Waals surface area contributed by atoms with Crippen molar-refractivity contribution in [3.05, 3.63) is 60.2 Å². The van der Waals surface area contributed by atoms with Crippen LogP contribution >= 0.6 is 11.6 Å². The summed E-state index contributed by atoms with van der Waals surface area (Å²) < 4.78 is 0. The Kier molecular flexibility index (Phi) is 4.73. The number of aromatic nitrogens is 3. The van der Waals surface area contributed by atoms with Crippen LogP contribution in [-0.4, -0.2) is 51.1 Å². The van der Waals surface area contributed by atoms with Crippen LogP contribution in [0.15, 0.2) is 49.6 Å². The Morgan fingerprint density at radius 2 is 1.82 bits per heavy atom. The Bertz CT molecular complexity index is 1050. The maximum absolute atomic E-state index is 9.79. The first-order valence-corrected chi connectivity index (χ1v) is 9.48. The van der Waals surface area contributed by atoms with Gasteiger partial charge in [0.05, 0.1) is 5.02 Å². The highest BCUT2D eigenvalue weighted by Gasteiger charge is 2.19. The molecule has 6 nitrogen and oxygen atoms in total. The van der Waals surface area contributed by atoms with E-state index in [0.717, 1.165) is 53.9 Å². The number of aliphatic hydroxyl groups excluding tert-OH is 1. The Hall–Kier alpha value is -2.99. The maximum Gasteiger partial charge on any atom is 0.225 e. The number of rotatable bonds is 4. The third-order valence-corrected chi connectivity index (χ3v) is 5.44. The lowest BCUT2D eigenvalue weighted by Gasteiger charge is -2.36. The van der Waals surface area contributed by atoms with Gasteiger partial charge in [-0.15, -0.1) is 0 Å². The average Bonchev–Trinajstić information content (AvgIpc) is 3.10. The molecular weight excluding hydrogens is 374 g/mol. The van der Waals surface area contributed by atoms with Crippen molar-refractivity contribution in [1.82, 2.24) is 19.9 Å². The molecule has 0 saturated carbocycles. The second-order valence-electron chi connectivity index (χ2n) is 7.01. The van der Waals surface area contributed by atoms with Crippen LogP contribution in [0, 0.1) is 0 Å². The van der Waals surface area contributed by atoms with E-state index >= 15 is 0 Å². The Morgan fingerprint density at radius 1 is 1.14 bits per heavy atom. The summed E-state index contributed by atoms with van der Waals surface area (Å²) in [5.74, 6) is 0.730. The minimum atomic E-state index is 0.0139. The lowest BCUT2D eigenvalue weighted by atomic mass is 10.0. The highest BCUT2D eigenvalue weighted by atomic mass is 35.5. The van der Waals surface area contributed by atoms with Crippen LogP contribution in [0.3, 0.4) is 0 Å². The van der Waals surface area contributed by atoms with E-state index in [9.17, 15) is 5.11 Å². The Labute approximate surface area is 168 Å². The van der Waals surface area contributed by atoms with E-state index in [4.69, 9.17) is 11.6 Å². The molecular formula is C21H22ClN5O. The number of allylic oxidation sites excluding steroid dienone is 1. The van der Waals surface area contributed by atoms with Crippen LogP contribution in [-0.2, 0) is 0 Å². The number of hydrogen-bond acceptors (Lipinski definition) is 5. The summed E-state index contributed by atoms with van der Waals surface area (Å²) in [7, 11) is 0. The summed E-state index contributed by atoms with van der Waals surface area (Å²) >= 11 is 6.48. The van der Waals surface area contributed by atoms with Crippen LogP contribution in [0.4, 0.5) is 5.95 Å². The number of nitrogens with one attached hydrogen (secondary N) is 1. The lowest BCUT2D eigenvalue weighted by Crippen LogP contribution is -2.45. The molecule has 1 aliphatic heterocycles. The summed E-state index contributed by atoms with van der Waals surface area (Å²) in [6, 6.07) is 3.76. The standard InChI is InChI=1S/C21H22ClN5O/c1-13(2)26-4-6-27(7-5-26)21-24-10-15(11-25-21)16-8-17-18(14(3)28)12-23-20(17)9-19(16)22/h8-12,23,28H,1,3-7H2,2H3. The van der Waals surface area contributed by atoms with Gasteiger partial charge in [0.1, 0.15) is 5.76 Å². The van der Waals surface area contributed by atoms with Gasteiger partial charge in [0, 0.05) is 78.1 Å². The summed E-state index contributed by atoms with van der Waals surface area (Å²) in [5, 5.41) is 11.2. The smallest absolute Gasteiger partial charge is 0.225 e. The Morgan fingerprint density at radius 3 is 2.43 bits per heavy atom. The Balaban J connectivity index is 1.60. The van der Waals surface area contributed by atoms with Crippen LogP contribution < -0.4 is 4.90 Å². The van der Waals surface area contributed by atoms with Gasteiger partial charge in [-0.25, -0.2) is 9.97 Å². The number of piperazine rings is 1. The minimum absolute atomic E-state index is 0.0139. The van der Waals surface area contributed by atoms with Gasteiger partial charge in [0.25, 0.3) is 0 Å². The highest BCUT2D eigenvalue weighted by molar-refractivity contribution is 6.34. The van der Waals surface area contributed by atoms with Crippen LogP contribution in [0.25, 0.3) is 27.8 Å². The largest absolute Gasteiger partial charge is 0.508 e. The zero-order valence-corrected chi connectivity index (χ0v) is 16.5. The van der Waals surface area contributed by atoms with E-state index in [0.29, 0.717) is 16.5 Å². The molecule has 2 N–H and O–H groups in total. The third-order valence-electron chi connectivity index (χ3n) is 5.13. The van der Waals surface area contributed by atoms with Crippen molar-refractivity contribution in [2.45, 2.75) is 6.92 Å². The van der Waals surface area contributed by atoms with E-state index in [1.165, 1.54) is 0 Å². The molecule has 7 heteroatoms. The average molecular weight is 396 g/mol. The fraction of sp³-hybridized carbons (Fsp3) is 0.238.